The summed E-state index contributed by atoms with van der Waals surface area (Å²) in [6, 6.07) is 7.25. The van der Waals surface area contributed by atoms with Crippen LogP contribution in [0.3, 0.4) is 0 Å². The summed E-state index contributed by atoms with van der Waals surface area (Å²) in [5.41, 5.74) is 0.951. The lowest BCUT2D eigenvalue weighted by atomic mass is 10.2. The lowest BCUT2D eigenvalue weighted by molar-refractivity contribution is -0.113. The van der Waals surface area contributed by atoms with Gasteiger partial charge in [-0.1, -0.05) is 17.3 Å². The van der Waals surface area contributed by atoms with Crippen LogP contribution in [-0.2, 0) is 15.3 Å². The van der Waals surface area contributed by atoms with Gasteiger partial charge in [-0.25, -0.2) is 0 Å². The topological polar surface area (TPSA) is 111 Å². The first-order valence-electron chi connectivity index (χ1n) is 9.17. The predicted octanol–water partition coefficient (Wildman–Crippen LogP) is 2.47. The van der Waals surface area contributed by atoms with E-state index in [9.17, 15) is 9.59 Å². The van der Waals surface area contributed by atoms with Gasteiger partial charge in [0.05, 0.1) is 24.7 Å². The first-order chi connectivity index (χ1) is 14.1. The average molecular weight is 416 g/mol. The summed E-state index contributed by atoms with van der Waals surface area (Å²) in [4.78, 5) is 31.3. The molecule has 4 rings (SSSR count). The minimum Gasteiger partial charge on any atom is -0.449 e. The highest BCUT2D eigenvalue weighted by Crippen LogP contribution is 2.32. The number of para-hydroxylation sites is 1. The molecule has 152 valence electrons. The number of morpholine rings is 1. The van der Waals surface area contributed by atoms with Gasteiger partial charge < -0.3 is 23.9 Å². The Morgan fingerprint density at radius 1 is 1.24 bits per heavy atom. The summed E-state index contributed by atoms with van der Waals surface area (Å²) in [5, 5.41) is 7.34. The number of aryl methyl sites for hydroxylation is 1. The summed E-state index contributed by atoms with van der Waals surface area (Å²) < 4.78 is 16.0. The van der Waals surface area contributed by atoms with Crippen molar-refractivity contribution in [2.24, 2.45) is 0 Å². The van der Waals surface area contributed by atoms with Crippen LogP contribution < -0.4 is 5.32 Å². The second-order valence-corrected chi connectivity index (χ2v) is 7.46. The minimum atomic E-state index is -0.255. The van der Waals surface area contributed by atoms with E-state index in [1.54, 1.807) is 17.9 Å². The normalized spacial score (nSPS) is 14.3. The number of aromatic nitrogens is 2. The van der Waals surface area contributed by atoms with Gasteiger partial charge in [0.1, 0.15) is 11.3 Å². The molecule has 0 bridgehead atoms. The molecule has 10 heteroatoms. The number of furan rings is 1. The molecule has 1 fully saturated rings. The van der Waals surface area contributed by atoms with E-state index in [0.717, 1.165) is 0 Å². The molecule has 0 spiro atoms. The lowest BCUT2D eigenvalue weighted by Crippen LogP contribution is -2.40. The number of anilines is 1. The number of thioether (sulfide) groups is 1. The van der Waals surface area contributed by atoms with E-state index in [2.05, 4.69) is 15.5 Å². The maximum absolute atomic E-state index is 13.0. The predicted molar refractivity (Wildman–Crippen MR) is 107 cm³/mol. The Bertz CT molecular complexity index is 1020. The molecule has 2 aromatic heterocycles. The average Bonchev–Trinajstić information content (AvgIpc) is 3.32. The lowest BCUT2D eigenvalue weighted by Gasteiger charge is -2.26. The maximum Gasteiger partial charge on any atom is 0.291 e. The fourth-order valence-corrected chi connectivity index (χ4v) is 3.70. The van der Waals surface area contributed by atoms with Gasteiger partial charge >= 0.3 is 0 Å². The van der Waals surface area contributed by atoms with Crippen LogP contribution >= 0.6 is 11.8 Å². The van der Waals surface area contributed by atoms with Crippen LogP contribution in [0.2, 0.25) is 0 Å². The Kier molecular flexibility index (Phi) is 5.81. The summed E-state index contributed by atoms with van der Waals surface area (Å²) in [6.45, 7) is 3.66. The Morgan fingerprint density at radius 2 is 2.03 bits per heavy atom. The molecule has 3 aromatic rings. The summed E-state index contributed by atoms with van der Waals surface area (Å²) in [5.74, 6) is 1.31. The van der Waals surface area contributed by atoms with Gasteiger partial charge in [0.25, 0.3) is 5.91 Å². The summed E-state index contributed by atoms with van der Waals surface area (Å²) in [7, 11) is 0. The van der Waals surface area contributed by atoms with Crippen molar-refractivity contribution < 1.29 is 23.3 Å². The van der Waals surface area contributed by atoms with Crippen molar-refractivity contribution in [1.82, 2.24) is 15.0 Å². The number of fused-ring (bicyclic) bond motifs is 1. The van der Waals surface area contributed by atoms with Crippen molar-refractivity contribution >= 4 is 40.2 Å². The highest BCUT2D eigenvalue weighted by atomic mass is 32.2. The molecule has 0 radical (unpaired) electrons. The molecule has 29 heavy (non-hydrogen) atoms. The van der Waals surface area contributed by atoms with Gasteiger partial charge in [-0.15, -0.1) is 11.8 Å². The number of carbonyl (C=O) groups is 2. The van der Waals surface area contributed by atoms with E-state index >= 15 is 0 Å². The van der Waals surface area contributed by atoms with Crippen LogP contribution in [0.5, 0.6) is 0 Å². The molecule has 1 saturated heterocycles. The molecule has 2 amide bonds. The molecular weight excluding hydrogens is 396 g/mol. The zero-order valence-corrected chi connectivity index (χ0v) is 16.7. The van der Waals surface area contributed by atoms with Gasteiger partial charge in [0.2, 0.25) is 17.6 Å². The number of nitrogens with one attached hydrogen (secondary N) is 1. The highest BCUT2D eigenvalue weighted by molar-refractivity contribution is 7.99. The van der Waals surface area contributed by atoms with E-state index < -0.39 is 0 Å². The number of amides is 2. The second-order valence-electron chi connectivity index (χ2n) is 6.48. The van der Waals surface area contributed by atoms with Crippen LogP contribution in [0.4, 0.5) is 5.69 Å². The first kappa shape index (κ1) is 19.5. The zero-order chi connectivity index (χ0) is 20.2. The Morgan fingerprint density at radius 3 is 2.79 bits per heavy atom. The molecule has 0 aliphatic carbocycles. The number of carbonyl (C=O) groups excluding carboxylic acids is 2. The third kappa shape index (κ3) is 4.43. The van der Waals surface area contributed by atoms with Gasteiger partial charge in [0, 0.05) is 25.4 Å². The van der Waals surface area contributed by atoms with Crippen LogP contribution in [0.15, 0.2) is 33.2 Å². The number of hydrogen-bond donors (Lipinski definition) is 1. The van der Waals surface area contributed by atoms with Crippen molar-refractivity contribution in [3.63, 3.8) is 0 Å². The Labute approximate surface area is 170 Å². The van der Waals surface area contributed by atoms with Crippen molar-refractivity contribution in [2.45, 2.75) is 12.7 Å². The van der Waals surface area contributed by atoms with Crippen LogP contribution in [0.1, 0.15) is 22.3 Å². The van der Waals surface area contributed by atoms with Crippen LogP contribution in [0.25, 0.3) is 11.0 Å². The number of rotatable bonds is 6. The molecular formula is C19H20N4O5S. The number of ether oxygens (including phenoxy) is 1. The molecule has 1 aliphatic rings. The van der Waals surface area contributed by atoms with E-state index in [0.29, 0.717) is 60.4 Å². The molecule has 0 saturated carbocycles. The second kappa shape index (κ2) is 8.66. The fourth-order valence-electron chi connectivity index (χ4n) is 3.04. The molecule has 1 aromatic carbocycles. The minimum absolute atomic E-state index is 0.139. The zero-order valence-electron chi connectivity index (χ0n) is 15.8. The van der Waals surface area contributed by atoms with Crippen molar-refractivity contribution in [2.75, 3.05) is 37.4 Å². The standard InChI is InChI=1S/C19H20N4O5S/c1-12-20-15(22-28-12)10-29-11-16(24)21-17-13-4-2-3-5-14(13)27-18(17)19(25)23-6-8-26-9-7-23/h2-5H,6-11H2,1H3,(H,21,24). The molecule has 3 heterocycles. The van der Waals surface area contributed by atoms with Crippen LogP contribution in [0, 0.1) is 6.92 Å². The monoisotopic (exact) mass is 416 g/mol. The molecule has 9 nitrogen and oxygen atoms in total. The van der Waals surface area contributed by atoms with Gasteiger partial charge in [-0.05, 0) is 12.1 Å². The number of nitrogens with zero attached hydrogens (tertiary/aromatic N) is 3. The van der Waals surface area contributed by atoms with E-state index in [-0.39, 0.29) is 23.3 Å². The number of benzene rings is 1. The Balaban J connectivity index is 1.49. The molecule has 1 aliphatic heterocycles. The molecule has 1 N–H and O–H groups in total. The van der Waals surface area contributed by atoms with Crippen LogP contribution in [-0.4, -0.2) is 58.9 Å². The quantitative estimate of drug-likeness (QED) is 0.652. The van der Waals surface area contributed by atoms with Gasteiger partial charge in [0.15, 0.2) is 5.82 Å². The fraction of sp³-hybridized carbons (Fsp3) is 0.368. The van der Waals surface area contributed by atoms with Gasteiger partial charge in [-0.3, -0.25) is 9.59 Å². The summed E-state index contributed by atoms with van der Waals surface area (Å²) >= 11 is 1.36. The van der Waals surface area contributed by atoms with E-state index in [1.807, 2.05) is 18.2 Å². The van der Waals surface area contributed by atoms with Crippen molar-refractivity contribution in [1.29, 1.82) is 0 Å². The maximum atomic E-state index is 13.0. The highest BCUT2D eigenvalue weighted by Gasteiger charge is 2.27. The van der Waals surface area contributed by atoms with E-state index in [4.69, 9.17) is 13.7 Å². The van der Waals surface area contributed by atoms with Gasteiger partial charge in [-0.2, -0.15) is 4.98 Å². The van der Waals surface area contributed by atoms with Crippen molar-refractivity contribution in [3.8, 4) is 0 Å². The van der Waals surface area contributed by atoms with E-state index in [1.165, 1.54) is 11.8 Å². The largest absolute Gasteiger partial charge is 0.449 e. The first-order valence-corrected chi connectivity index (χ1v) is 10.3. The van der Waals surface area contributed by atoms with Crippen molar-refractivity contribution in [3.05, 3.63) is 41.7 Å². The Hall–Kier alpha value is -2.85. The smallest absolute Gasteiger partial charge is 0.291 e. The molecule has 0 atom stereocenters. The summed E-state index contributed by atoms with van der Waals surface area (Å²) in [6.07, 6.45) is 0. The third-order valence-electron chi connectivity index (χ3n) is 4.39. The molecule has 0 unspecified atom stereocenters. The SMILES string of the molecule is Cc1nc(CSCC(=O)Nc2c(C(=O)N3CCOCC3)oc3ccccc23)no1. The third-order valence-corrected chi connectivity index (χ3v) is 5.32. The number of hydrogen-bond acceptors (Lipinski definition) is 8.